The molecule has 8 heteroatoms. The van der Waals surface area contributed by atoms with Crippen LogP contribution in [0.3, 0.4) is 0 Å². The van der Waals surface area contributed by atoms with E-state index in [9.17, 15) is 14.7 Å². The highest BCUT2D eigenvalue weighted by Gasteiger charge is 2.34. The van der Waals surface area contributed by atoms with Gasteiger partial charge in [0.15, 0.2) is 11.7 Å². The van der Waals surface area contributed by atoms with E-state index >= 15 is 0 Å². The van der Waals surface area contributed by atoms with Gasteiger partial charge in [-0.25, -0.2) is 9.48 Å². The molecular weight excluding hydrogens is 300 g/mol. The van der Waals surface area contributed by atoms with Crippen molar-refractivity contribution < 1.29 is 19.4 Å². The highest BCUT2D eigenvalue weighted by atomic mass is 16.5. The average Bonchev–Trinajstić information content (AvgIpc) is 3.04. The molecule has 0 aliphatic carbocycles. The Bertz CT molecular complexity index is 725. The van der Waals surface area contributed by atoms with Crippen LogP contribution in [0.4, 0.5) is 0 Å². The number of carboxylic acids is 1. The van der Waals surface area contributed by atoms with Gasteiger partial charge >= 0.3 is 5.97 Å². The van der Waals surface area contributed by atoms with Crippen molar-refractivity contribution in [3.05, 3.63) is 41.7 Å². The Morgan fingerprint density at radius 3 is 2.74 bits per heavy atom. The summed E-state index contributed by atoms with van der Waals surface area (Å²) in [5.41, 5.74) is 2.00. The molecule has 0 bridgehead atoms. The molecule has 1 aliphatic rings. The van der Waals surface area contributed by atoms with Gasteiger partial charge in [-0.1, -0.05) is 22.9 Å². The summed E-state index contributed by atoms with van der Waals surface area (Å²) >= 11 is 0. The minimum Gasteiger partial charge on any atom is -0.480 e. The Hall–Kier alpha value is -2.74. The summed E-state index contributed by atoms with van der Waals surface area (Å²) in [6, 6.07) is 6.60. The Balaban J connectivity index is 1.83. The number of hydrogen-bond donors (Lipinski definition) is 1. The van der Waals surface area contributed by atoms with Crippen molar-refractivity contribution in [3.63, 3.8) is 0 Å². The smallest absolute Gasteiger partial charge is 0.328 e. The third-order valence-electron chi connectivity index (χ3n) is 3.69. The maximum atomic E-state index is 12.5. The zero-order chi connectivity index (χ0) is 16.4. The molecule has 2 heterocycles. The second-order valence-electron chi connectivity index (χ2n) is 5.31. The summed E-state index contributed by atoms with van der Waals surface area (Å²) < 4.78 is 6.62. The van der Waals surface area contributed by atoms with E-state index in [1.54, 1.807) is 0 Å². The molecule has 1 fully saturated rings. The maximum Gasteiger partial charge on any atom is 0.328 e. The fourth-order valence-corrected chi connectivity index (χ4v) is 2.38. The van der Waals surface area contributed by atoms with Crippen molar-refractivity contribution in [2.24, 2.45) is 0 Å². The Morgan fingerprint density at radius 2 is 2.04 bits per heavy atom. The monoisotopic (exact) mass is 316 g/mol. The molecule has 0 unspecified atom stereocenters. The minimum absolute atomic E-state index is 0.0207. The third-order valence-corrected chi connectivity index (χ3v) is 3.69. The van der Waals surface area contributed by atoms with Gasteiger partial charge in [0.05, 0.1) is 25.1 Å². The second-order valence-corrected chi connectivity index (χ2v) is 5.31. The van der Waals surface area contributed by atoms with Gasteiger partial charge in [0.2, 0.25) is 0 Å². The zero-order valence-electron chi connectivity index (χ0n) is 12.5. The SMILES string of the molecule is Cc1ccc(-n2cc(C(=O)N3CCOC[C@@H]3C(=O)O)nn2)cc1. The molecule has 1 N–H and O–H groups in total. The number of rotatable bonds is 3. The lowest BCUT2D eigenvalue weighted by molar-refractivity contribution is -0.147. The highest BCUT2D eigenvalue weighted by molar-refractivity contribution is 5.95. The van der Waals surface area contributed by atoms with E-state index in [0.717, 1.165) is 11.3 Å². The van der Waals surface area contributed by atoms with E-state index in [1.165, 1.54) is 15.8 Å². The minimum atomic E-state index is -1.09. The van der Waals surface area contributed by atoms with Crippen LogP contribution >= 0.6 is 0 Å². The largest absolute Gasteiger partial charge is 0.480 e. The number of nitrogens with zero attached hydrogens (tertiary/aromatic N) is 4. The number of hydrogen-bond acceptors (Lipinski definition) is 5. The summed E-state index contributed by atoms with van der Waals surface area (Å²) in [4.78, 5) is 25.0. The second kappa shape index (κ2) is 6.17. The fraction of sp³-hybridized carbons (Fsp3) is 0.333. The maximum absolute atomic E-state index is 12.5. The Morgan fingerprint density at radius 1 is 1.30 bits per heavy atom. The number of carboxylic acid groups (broad SMARTS) is 1. The molecule has 0 radical (unpaired) electrons. The van der Waals surface area contributed by atoms with E-state index in [-0.39, 0.29) is 18.8 Å². The topological polar surface area (TPSA) is 97.5 Å². The molecule has 2 aromatic rings. The molecule has 1 saturated heterocycles. The van der Waals surface area contributed by atoms with Crippen LogP contribution in [0.15, 0.2) is 30.5 Å². The van der Waals surface area contributed by atoms with Gasteiger partial charge in [-0.15, -0.1) is 5.10 Å². The quantitative estimate of drug-likeness (QED) is 0.885. The average molecular weight is 316 g/mol. The van der Waals surface area contributed by atoms with E-state index in [2.05, 4.69) is 10.3 Å². The van der Waals surface area contributed by atoms with Gasteiger partial charge in [-0.05, 0) is 19.1 Å². The molecule has 3 rings (SSSR count). The third kappa shape index (κ3) is 3.07. The first-order valence-corrected chi connectivity index (χ1v) is 7.17. The number of morpholine rings is 1. The van der Waals surface area contributed by atoms with Gasteiger partial charge in [0.1, 0.15) is 0 Å². The van der Waals surface area contributed by atoms with Crippen LogP contribution in [0.1, 0.15) is 16.1 Å². The van der Waals surface area contributed by atoms with Crippen LogP contribution < -0.4 is 0 Å². The predicted octanol–water partition coefficient (Wildman–Crippen LogP) is 0.501. The number of carbonyl (C=O) groups excluding carboxylic acids is 1. The molecule has 0 spiro atoms. The van der Waals surface area contributed by atoms with Crippen molar-refractivity contribution >= 4 is 11.9 Å². The molecule has 1 atom stereocenters. The van der Waals surface area contributed by atoms with Crippen LogP contribution in [0.25, 0.3) is 5.69 Å². The first kappa shape index (κ1) is 15.2. The number of benzene rings is 1. The van der Waals surface area contributed by atoms with E-state index < -0.39 is 17.9 Å². The molecule has 1 aromatic heterocycles. The number of ether oxygens (including phenoxy) is 1. The number of aliphatic carboxylic acids is 1. The van der Waals surface area contributed by atoms with Gasteiger partial charge in [0, 0.05) is 6.54 Å². The van der Waals surface area contributed by atoms with Crippen LogP contribution in [0.5, 0.6) is 0 Å². The lowest BCUT2D eigenvalue weighted by Gasteiger charge is -2.32. The van der Waals surface area contributed by atoms with Gasteiger partial charge in [-0.2, -0.15) is 0 Å². The van der Waals surface area contributed by atoms with Crippen LogP contribution in [-0.4, -0.2) is 62.7 Å². The summed E-state index contributed by atoms with van der Waals surface area (Å²) in [6.07, 6.45) is 1.50. The summed E-state index contributed by atoms with van der Waals surface area (Å²) in [5, 5.41) is 17.0. The summed E-state index contributed by atoms with van der Waals surface area (Å²) in [6.45, 7) is 2.48. The molecule has 1 aromatic carbocycles. The standard InChI is InChI=1S/C15H16N4O4/c1-10-2-4-11(5-3-10)19-8-12(16-17-19)14(20)18-6-7-23-9-13(18)15(21)22/h2-5,8,13H,6-7,9H2,1H3,(H,21,22)/t13-/m1/s1. The summed E-state index contributed by atoms with van der Waals surface area (Å²) in [5.74, 6) is -1.55. The highest BCUT2D eigenvalue weighted by Crippen LogP contribution is 2.13. The molecule has 0 saturated carbocycles. The van der Waals surface area contributed by atoms with E-state index in [4.69, 9.17) is 4.74 Å². The number of aryl methyl sites for hydroxylation is 1. The van der Waals surface area contributed by atoms with Crippen molar-refractivity contribution in [2.45, 2.75) is 13.0 Å². The molecule has 8 nitrogen and oxygen atoms in total. The normalized spacial score (nSPS) is 18.0. The zero-order valence-corrected chi connectivity index (χ0v) is 12.5. The first-order chi connectivity index (χ1) is 11.1. The molecule has 23 heavy (non-hydrogen) atoms. The van der Waals surface area contributed by atoms with Crippen LogP contribution in [0, 0.1) is 6.92 Å². The van der Waals surface area contributed by atoms with Crippen molar-refractivity contribution in [2.75, 3.05) is 19.8 Å². The molecule has 120 valence electrons. The number of aromatic nitrogens is 3. The van der Waals surface area contributed by atoms with Gasteiger partial charge in [-0.3, -0.25) is 4.79 Å². The molecule has 1 amide bonds. The lowest BCUT2D eigenvalue weighted by atomic mass is 10.2. The van der Waals surface area contributed by atoms with E-state index in [0.29, 0.717) is 6.61 Å². The van der Waals surface area contributed by atoms with Crippen molar-refractivity contribution in [1.82, 2.24) is 19.9 Å². The Kier molecular flexibility index (Phi) is 4.07. The lowest BCUT2D eigenvalue weighted by Crippen LogP contribution is -2.52. The molecule has 1 aliphatic heterocycles. The molecular formula is C15H16N4O4. The fourth-order valence-electron chi connectivity index (χ4n) is 2.38. The van der Waals surface area contributed by atoms with Gasteiger partial charge < -0.3 is 14.7 Å². The number of amides is 1. The predicted molar refractivity (Wildman–Crippen MR) is 79.4 cm³/mol. The van der Waals surface area contributed by atoms with Crippen LogP contribution in [0.2, 0.25) is 0 Å². The first-order valence-electron chi connectivity index (χ1n) is 7.17. The van der Waals surface area contributed by atoms with E-state index in [1.807, 2.05) is 31.2 Å². The van der Waals surface area contributed by atoms with Crippen LogP contribution in [-0.2, 0) is 9.53 Å². The van der Waals surface area contributed by atoms with Gasteiger partial charge in [0.25, 0.3) is 5.91 Å². The number of carbonyl (C=O) groups is 2. The van der Waals surface area contributed by atoms with Crippen molar-refractivity contribution in [3.8, 4) is 5.69 Å². The Labute approximate surface area is 132 Å². The van der Waals surface area contributed by atoms with Crippen molar-refractivity contribution in [1.29, 1.82) is 0 Å². The summed E-state index contributed by atoms with van der Waals surface area (Å²) in [7, 11) is 0.